The minimum absolute atomic E-state index is 0.0603. The summed E-state index contributed by atoms with van der Waals surface area (Å²) in [5.41, 5.74) is 2.34. The molecule has 3 rings (SSSR count). The minimum atomic E-state index is -0.545. The van der Waals surface area contributed by atoms with Crippen LogP contribution in [0.4, 0.5) is 15.8 Å². The van der Waals surface area contributed by atoms with E-state index in [1.807, 2.05) is 24.3 Å². The molecule has 2 aromatic carbocycles. The standard InChI is InChI=1S/C19H14Cl2FN3O/c20-15-4-2-1-3-12(15)10-23-14-6-8-18(24-11-14)19(26)25-13-5-7-17(22)16(21)9-13/h1-9,11,23H,10H2,(H,25,26). The molecule has 1 aromatic heterocycles. The Morgan fingerprint density at radius 2 is 1.77 bits per heavy atom. The number of aromatic nitrogens is 1. The Labute approximate surface area is 160 Å². The minimum Gasteiger partial charge on any atom is -0.380 e. The number of nitrogens with zero attached hydrogens (tertiary/aromatic N) is 1. The molecule has 0 unspecified atom stereocenters. The van der Waals surface area contributed by atoms with Gasteiger partial charge in [0, 0.05) is 17.3 Å². The van der Waals surface area contributed by atoms with Crippen LogP contribution >= 0.6 is 23.2 Å². The Bertz CT molecular complexity index is 932. The lowest BCUT2D eigenvalue weighted by molar-refractivity contribution is 0.102. The molecule has 4 nitrogen and oxygen atoms in total. The van der Waals surface area contributed by atoms with Crippen molar-refractivity contribution in [2.45, 2.75) is 6.54 Å². The van der Waals surface area contributed by atoms with E-state index in [1.165, 1.54) is 18.2 Å². The van der Waals surface area contributed by atoms with Crippen LogP contribution in [0.1, 0.15) is 16.1 Å². The van der Waals surface area contributed by atoms with Gasteiger partial charge in [-0.25, -0.2) is 9.37 Å². The van der Waals surface area contributed by atoms with E-state index in [0.29, 0.717) is 17.3 Å². The van der Waals surface area contributed by atoms with Gasteiger partial charge in [0.1, 0.15) is 11.5 Å². The summed E-state index contributed by atoms with van der Waals surface area (Å²) in [5, 5.41) is 6.44. The predicted octanol–water partition coefficient (Wildman–Crippen LogP) is 5.39. The summed E-state index contributed by atoms with van der Waals surface area (Å²) < 4.78 is 13.2. The van der Waals surface area contributed by atoms with Crippen LogP contribution < -0.4 is 10.6 Å². The summed E-state index contributed by atoms with van der Waals surface area (Å²) in [6.45, 7) is 0.543. The maximum atomic E-state index is 13.2. The third kappa shape index (κ3) is 4.50. The van der Waals surface area contributed by atoms with E-state index in [9.17, 15) is 9.18 Å². The van der Waals surface area contributed by atoms with Crippen LogP contribution in [0.2, 0.25) is 10.0 Å². The van der Waals surface area contributed by atoms with E-state index >= 15 is 0 Å². The number of benzene rings is 2. The number of hydrogen-bond donors (Lipinski definition) is 2. The van der Waals surface area contributed by atoms with Gasteiger partial charge in [0.15, 0.2) is 0 Å². The monoisotopic (exact) mass is 389 g/mol. The molecular weight excluding hydrogens is 376 g/mol. The van der Waals surface area contributed by atoms with E-state index in [-0.39, 0.29) is 10.7 Å². The van der Waals surface area contributed by atoms with Crippen LogP contribution in [0.25, 0.3) is 0 Å². The summed E-state index contributed by atoms with van der Waals surface area (Å²) in [6, 6.07) is 14.8. The Morgan fingerprint density at radius 1 is 1.00 bits per heavy atom. The van der Waals surface area contributed by atoms with Gasteiger partial charge in [0.25, 0.3) is 5.91 Å². The molecule has 0 saturated carbocycles. The van der Waals surface area contributed by atoms with Crippen LogP contribution in [0, 0.1) is 5.82 Å². The van der Waals surface area contributed by atoms with Crippen molar-refractivity contribution in [2.24, 2.45) is 0 Å². The smallest absolute Gasteiger partial charge is 0.274 e. The van der Waals surface area contributed by atoms with Crippen LogP contribution in [0.5, 0.6) is 0 Å². The molecule has 0 aliphatic rings. The highest BCUT2D eigenvalue weighted by Gasteiger charge is 2.09. The zero-order valence-electron chi connectivity index (χ0n) is 13.5. The van der Waals surface area contributed by atoms with Gasteiger partial charge in [-0.15, -0.1) is 0 Å². The van der Waals surface area contributed by atoms with Gasteiger partial charge in [-0.3, -0.25) is 4.79 Å². The van der Waals surface area contributed by atoms with Crippen LogP contribution in [-0.2, 0) is 6.54 Å². The second-order valence-electron chi connectivity index (χ2n) is 5.46. The summed E-state index contributed by atoms with van der Waals surface area (Å²) >= 11 is 11.8. The third-order valence-electron chi connectivity index (χ3n) is 3.61. The summed E-state index contributed by atoms with van der Waals surface area (Å²) in [5.74, 6) is -0.956. The molecule has 0 radical (unpaired) electrons. The fourth-order valence-corrected chi connectivity index (χ4v) is 2.62. The molecule has 26 heavy (non-hydrogen) atoms. The topological polar surface area (TPSA) is 54.0 Å². The highest BCUT2D eigenvalue weighted by atomic mass is 35.5. The first-order chi connectivity index (χ1) is 12.5. The highest BCUT2D eigenvalue weighted by Crippen LogP contribution is 2.20. The molecule has 0 fully saturated rings. The van der Waals surface area contributed by atoms with Gasteiger partial charge in [0.2, 0.25) is 0 Å². The molecule has 2 N–H and O–H groups in total. The van der Waals surface area contributed by atoms with Crippen molar-refractivity contribution in [3.63, 3.8) is 0 Å². The molecule has 0 aliphatic heterocycles. The van der Waals surface area contributed by atoms with E-state index in [2.05, 4.69) is 15.6 Å². The lowest BCUT2D eigenvalue weighted by Gasteiger charge is -2.09. The van der Waals surface area contributed by atoms with E-state index < -0.39 is 11.7 Å². The summed E-state index contributed by atoms with van der Waals surface area (Å²) in [6.07, 6.45) is 1.56. The first-order valence-corrected chi connectivity index (χ1v) is 8.48. The molecule has 0 spiro atoms. The molecule has 1 heterocycles. The Kier molecular flexibility index (Phi) is 5.71. The number of amides is 1. The van der Waals surface area contributed by atoms with Crippen LogP contribution in [0.3, 0.4) is 0 Å². The second-order valence-corrected chi connectivity index (χ2v) is 6.27. The molecule has 0 atom stereocenters. The molecule has 3 aromatic rings. The number of nitrogens with one attached hydrogen (secondary N) is 2. The zero-order chi connectivity index (χ0) is 18.5. The molecule has 7 heteroatoms. The first kappa shape index (κ1) is 18.2. The average molecular weight is 390 g/mol. The molecule has 132 valence electrons. The van der Waals surface area contributed by atoms with Crippen molar-refractivity contribution in [2.75, 3.05) is 10.6 Å². The highest BCUT2D eigenvalue weighted by molar-refractivity contribution is 6.31. The van der Waals surface area contributed by atoms with Crippen molar-refractivity contribution in [3.05, 3.63) is 87.9 Å². The molecular formula is C19H14Cl2FN3O. The van der Waals surface area contributed by atoms with Crippen LogP contribution in [0.15, 0.2) is 60.8 Å². The summed E-state index contributed by atoms with van der Waals surface area (Å²) in [4.78, 5) is 16.3. The maximum Gasteiger partial charge on any atom is 0.274 e. The Morgan fingerprint density at radius 3 is 2.46 bits per heavy atom. The molecule has 1 amide bonds. The average Bonchev–Trinajstić information content (AvgIpc) is 2.64. The Balaban J connectivity index is 1.62. The van der Waals surface area contributed by atoms with Gasteiger partial charge in [-0.2, -0.15) is 0 Å². The molecule has 0 saturated heterocycles. The number of carbonyl (C=O) groups excluding carboxylic acids is 1. The number of anilines is 2. The van der Waals surface area contributed by atoms with Crippen molar-refractivity contribution < 1.29 is 9.18 Å². The number of rotatable bonds is 5. The predicted molar refractivity (Wildman–Crippen MR) is 102 cm³/mol. The van der Waals surface area contributed by atoms with Crippen LogP contribution in [-0.4, -0.2) is 10.9 Å². The van der Waals surface area contributed by atoms with Gasteiger partial charge < -0.3 is 10.6 Å². The van der Waals surface area contributed by atoms with E-state index in [0.717, 1.165) is 11.3 Å². The second kappa shape index (κ2) is 8.17. The number of hydrogen-bond acceptors (Lipinski definition) is 3. The zero-order valence-corrected chi connectivity index (χ0v) is 15.0. The summed E-state index contributed by atoms with van der Waals surface area (Å²) in [7, 11) is 0. The van der Waals surface area contributed by atoms with Crippen molar-refractivity contribution >= 4 is 40.5 Å². The number of pyridine rings is 1. The van der Waals surface area contributed by atoms with E-state index in [1.54, 1.807) is 18.3 Å². The SMILES string of the molecule is O=C(Nc1ccc(F)c(Cl)c1)c1ccc(NCc2ccccc2Cl)cn1. The number of carbonyl (C=O) groups is 1. The first-order valence-electron chi connectivity index (χ1n) is 7.72. The van der Waals surface area contributed by atoms with Crippen molar-refractivity contribution in [1.82, 2.24) is 4.98 Å². The van der Waals surface area contributed by atoms with Crippen molar-refractivity contribution in [3.8, 4) is 0 Å². The lowest BCUT2D eigenvalue weighted by Crippen LogP contribution is -2.13. The molecule has 0 bridgehead atoms. The van der Waals surface area contributed by atoms with E-state index in [4.69, 9.17) is 23.2 Å². The fraction of sp³-hybridized carbons (Fsp3) is 0.0526. The van der Waals surface area contributed by atoms with Gasteiger partial charge in [-0.1, -0.05) is 41.4 Å². The number of halogens is 3. The van der Waals surface area contributed by atoms with Gasteiger partial charge in [-0.05, 0) is 42.0 Å². The quantitative estimate of drug-likeness (QED) is 0.614. The Hall–Kier alpha value is -2.63. The largest absolute Gasteiger partial charge is 0.380 e. The fourth-order valence-electron chi connectivity index (χ4n) is 2.24. The van der Waals surface area contributed by atoms with Gasteiger partial charge >= 0.3 is 0 Å². The lowest BCUT2D eigenvalue weighted by atomic mass is 10.2. The normalized spacial score (nSPS) is 10.4. The molecule has 0 aliphatic carbocycles. The maximum absolute atomic E-state index is 13.2. The van der Waals surface area contributed by atoms with Gasteiger partial charge in [0.05, 0.1) is 16.9 Å². The third-order valence-corrected chi connectivity index (χ3v) is 4.27. The van der Waals surface area contributed by atoms with Crippen molar-refractivity contribution in [1.29, 1.82) is 0 Å².